The van der Waals surface area contributed by atoms with E-state index < -0.39 is 0 Å². The van der Waals surface area contributed by atoms with Crippen LogP contribution in [0.3, 0.4) is 0 Å². The molecule has 3 aromatic rings. The molecule has 1 heterocycles. The van der Waals surface area contributed by atoms with Gasteiger partial charge >= 0.3 is 136 Å². The van der Waals surface area contributed by atoms with E-state index in [0.29, 0.717) is 6.61 Å². The number of ether oxygens (including phenoxy) is 1. The molecule has 0 atom stereocenters. The molecule has 0 amide bonds. The van der Waals surface area contributed by atoms with E-state index in [0.717, 1.165) is 4.44 Å². The van der Waals surface area contributed by atoms with Crippen molar-refractivity contribution in [3.05, 3.63) is 59.0 Å². The molecular weight excluding hydrogens is 394 g/mol. The summed E-state index contributed by atoms with van der Waals surface area (Å²) in [6.45, 7) is 2.29. The first-order chi connectivity index (χ1) is 10.3. The van der Waals surface area contributed by atoms with Crippen molar-refractivity contribution in [3.8, 4) is 0 Å². The van der Waals surface area contributed by atoms with Crippen LogP contribution in [0.5, 0.6) is 0 Å². The molecule has 3 rings (SSSR count). The fourth-order valence-corrected chi connectivity index (χ4v) is 7.46. The number of rotatable bonds is 4. The maximum absolute atomic E-state index is 12.3. The fourth-order valence-electron chi connectivity index (χ4n) is 2.06. The second kappa shape index (κ2) is 6.63. The summed E-state index contributed by atoms with van der Waals surface area (Å²) in [6, 6.07) is 18.7. The zero-order chi connectivity index (χ0) is 14.7. The summed E-state index contributed by atoms with van der Waals surface area (Å²) in [5.74, 6) is -0.137. The summed E-state index contributed by atoms with van der Waals surface area (Å²) >= 11 is 0.201. The maximum atomic E-state index is 12.3. The Kier molecular flexibility index (Phi) is 4.62. The van der Waals surface area contributed by atoms with Gasteiger partial charge in [-0.15, -0.1) is 0 Å². The topological polar surface area (TPSA) is 26.3 Å². The molecule has 0 spiro atoms. The van der Waals surface area contributed by atoms with Crippen molar-refractivity contribution in [2.45, 2.75) is 6.92 Å². The Morgan fingerprint density at radius 1 is 1.10 bits per heavy atom. The molecule has 1 aromatic heterocycles. The van der Waals surface area contributed by atoms with Gasteiger partial charge in [-0.05, 0) is 0 Å². The van der Waals surface area contributed by atoms with Crippen LogP contribution < -0.4 is 8.92 Å². The van der Waals surface area contributed by atoms with Crippen molar-refractivity contribution in [2.75, 3.05) is 6.61 Å². The molecule has 0 bridgehead atoms. The van der Waals surface area contributed by atoms with E-state index in [-0.39, 0.29) is 35.4 Å². The molecule has 0 aliphatic rings. The van der Waals surface area contributed by atoms with Crippen molar-refractivity contribution in [1.29, 1.82) is 0 Å². The van der Waals surface area contributed by atoms with Crippen LogP contribution in [0.2, 0.25) is 0 Å². The first-order valence-corrected chi connectivity index (χ1v) is 10.1. The van der Waals surface area contributed by atoms with Crippen LogP contribution in [-0.2, 0) is 4.74 Å². The summed E-state index contributed by atoms with van der Waals surface area (Å²) < 4.78 is 9.93. The van der Waals surface area contributed by atoms with Gasteiger partial charge in [0.05, 0.1) is 0 Å². The Labute approximate surface area is 136 Å². The van der Waals surface area contributed by atoms with Crippen molar-refractivity contribution in [2.24, 2.45) is 0 Å². The molecule has 0 N–H and O–H groups in total. The molecule has 2 aromatic carbocycles. The Morgan fingerprint density at radius 3 is 2.57 bits per heavy atom. The molecule has 0 fully saturated rings. The van der Waals surface area contributed by atoms with Gasteiger partial charge in [0.15, 0.2) is 0 Å². The number of hydrogen-bond acceptors (Lipinski definition) is 2. The van der Waals surface area contributed by atoms with Gasteiger partial charge in [-0.3, -0.25) is 0 Å². The van der Waals surface area contributed by atoms with Gasteiger partial charge < -0.3 is 0 Å². The van der Waals surface area contributed by atoms with E-state index in [1.807, 2.05) is 37.3 Å². The third kappa shape index (κ3) is 3.14. The van der Waals surface area contributed by atoms with Crippen LogP contribution in [0.4, 0.5) is 0 Å². The molecule has 0 saturated carbocycles. The van der Waals surface area contributed by atoms with Crippen molar-refractivity contribution in [1.82, 2.24) is 0 Å². The average Bonchev–Trinajstić information content (AvgIpc) is 2.88. The zero-order valence-electron chi connectivity index (χ0n) is 11.5. The van der Waals surface area contributed by atoms with Gasteiger partial charge in [0.25, 0.3) is 0 Å². The molecule has 0 unspecified atom stereocenters. The number of esters is 1. The number of carbonyl (C=O) groups excluding carboxylic acids is 1. The molecule has 106 valence electrons. The zero-order valence-corrected chi connectivity index (χ0v) is 15.0. The predicted octanol–water partition coefficient (Wildman–Crippen LogP) is 1.73. The normalized spacial score (nSPS) is 10.7. The Bertz CT molecular complexity index is 763. The van der Waals surface area contributed by atoms with Crippen molar-refractivity contribution < 1.29 is 9.53 Å². The van der Waals surface area contributed by atoms with Crippen LogP contribution in [0.1, 0.15) is 16.2 Å². The number of carbonyl (C=O) groups is 1. The number of fused-ring (bicyclic) bond motifs is 1. The molecule has 4 heteroatoms. The third-order valence-electron chi connectivity index (χ3n) is 2.97. The molecule has 21 heavy (non-hydrogen) atoms. The van der Waals surface area contributed by atoms with E-state index in [2.05, 4.69) is 24.3 Å². The minimum absolute atomic E-state index is 0.0642. The number of hydrogen-bond donors (Lipinski definition) is 0. The fraction of sp³-hybridized carbons (Fsp3) is 0.118. The van der Waals surface area contributed by atoms with Gasteiger partial charge in [0.2, 0.25) is 0 Å². The molecule has 0 radical (unpaired) electrons. The average molecular weight is 408 g/mol. The summed E-state index contributed by atoms with van der Waals surface area (Å²) in [7, 11) is 0. The Hall–Kier alpha value is -1.31. The molecule has 0 saturated heterocycles. The van der Waals surface area contributed by atoms with Crippen molar-refractivity contribution >= 4 is 54.0 Å². The van der Waals surface area contributed by atoms with Gasteiger partial charge in [0, 0.05) is 0 Å². The molecule has 0 aliphatic carbocycles. The standard InChI is InChI=1S/C17H14O2Se2/c1-2-19-17(18)16-15(20-12-8-4-3-5-9-12)13-10-6-7-11-14(13)21-16/h3-11H,2H2,1H3. The van der Waals surface area contributed by atoms with Crippen LogP contribution in [0.25, 0.3) is 9.65 Å². The Morgan fingerprint density at radius 2 is 1.81 bits per heavy atom. The van der Waals surface area contributed by atoms with E-state index in [1.54, 1.807) is 0 Å². The predicted molar refractivity (Wildman–Crippen MR) is 88.3 cm³/mol. The van der Waals surface area contributed by atoms with Crippen molar-refractivity contribution in [3.63, 3.8) is 0 Å². The molecule has 0 aliphatic heterocycles. The Balaban J connectivity index is 2.09. The van der Waals surface area contributed by atoms with Crippen LogP contribution in [-0.4, -0.2) is 42.0 Å². The van der Waals surface area contributed by atoms with Crippen LogP contribution in [0, 0.1) is 0 Å². The first kappa shape index (κ1) is 14.6. The number of benzene rings is 2. The SMILES string of the molecule is CCOC(=O)c1[se]c2ccccc2c1[Se]c1ccccc1. The van der Waals surface area contributed by atoms with Crippen LogP contribution in [0.15, 0.2) is 54.6 Å². The molecular formula is C17H14O2Se2. The minimum atomic E-state index is -0.137. The monoisotopic (exact) mass is 410 g/mol. The third-order valence-corrected chi connectivity index (χ3v) is 8.43. The first-order valence-electron chi connectivity index (χ1n) is 6.71. The quantitative estimate of drug-likeness (QED) is 0.486. The van der Waals surface area contributed by atoms with Gasteiger partial charge in [-0.25, -0.2) is 0 Å². The van der Waals surface area contributed by atoms with Gasteiger partial charge in [0.1, 0.15) is 0 Å². The van der Waals surface area contributed by atoms with E-state index in [9.17, 15) is 4.79 Å². The van der Waals surface area contributed by atoms with Gasteiger partial charge in [-0.2, -0.15) is 0 Å². The van der Waals surface area contributed by atoms with Gasteiger partial charge in [-0.1, -0.05) is 0 Å². The second-order valence-corrected chi connectivity index (χ2v) is 8.87. The molecule has 2 nitrogen and oxygen atoms in total. The summed E-state index contributed by atoms with van der Waals surface area (Å²) in [6.07, 6.45) is 0. The second-order valence-electron chi connectivity index (χ2n) is 4.39. The van der Waals surface area contributed by atoms with E-state index in [1.165, 1.54) is 18.6 Å². The van der Waals surface area contributed by atoms with E-state index >= 15 is 0 Å². The van der Waals surface area contributed by atoms with Crippen LogP contribution >= 0.6 is 0 Å². The van der Waals surface area contributed by atoms with E-state index in [4.69, 9.17) is 4.74 Å². The summed E-state index contributed by atoms with van der Waals surface area (Å²) in [5.41, 5.74) is 0. The summed E-state index contributed by atoms with van der Waals surface area (Å²) in [5, 5.41) is 1.24. The summed E-state index contributed by atoms with van der Waals surface area (Å²) in [4.78, 5) is 12.3.